The third-order valence-corrected chi connectivity index (χ3v) is 4.16. The molecule has 2 aromatic rings. The van der Waals surface area contributed by atoms with Gasteiger partial charge in [0.1, 0.15) is 5.82 Å². The molecule has 0 radical (unpaired) electrons. The van der Waals surface area contributed by atoms with Crippen molar-refractivity contribution in [2.45, 2.75) is 32.6 Å². The molecule has 7 heteroatoms. The predicted molar refractivity (Wildman–Crippen MR) is 87.3 cm³/mol. The van der Waals surface area contributed by atoms with Crippen molar-refractivity contribution >= 4 is 17.7 Å². The van der Waals surface area contributed by atoms with Crippen LogP contribution in [0.3, 0.4) is 0 Å². The van der Waals surface area contributed by atoms with E-state index in [0.29, 0.717) is 23.2 Å². The number of nitrogens with zero attached hydrogens (tertiary/aromatic N) is 2. The number of rotatable bonds is 7. The van der Waals surface area contributed by atoms with Crippen molar-refractivity contribution in [2.24, 2.45) is 5.92 Å². The number of thioether (sulfide) groups is 1. The summed E-state index contributed by atoms with van der Waals surface area (Å²) in [5, 5.41) is 6.70. The maximum absolute atomic E-state index is 13.0. The minimum Gasteiger partial charge on any atom is -0.348 e. The molecule has 5 nitrogen and oxygen atoms in total. The number of aryl methyl sites for hydroxylation is 1. The first kappa shape index (κ1) is 17.5. The summed E-state index contributed by atoms with van der Waals surface area (Å²) < 4.78 is 18.0. The normalized spacial score (nSPS) is 12.4. The molecule has 1 unspecified atom stereocenters. The summed E-state index contributed by atoms with van der Waals surface area (Å²) in [5.74, 6) is 1.74. The minimum atomic E-state index is -0.284. The zero-order valence-corrected chi connectivity index (χ0v) is 14.2. The van der Waals surface area contributed by atoms with Crippen LogP contribution in [0.5, 0.6) is 0 Å². The summed E-state index contributed by atoms with van der Waals surface area (Å²) in [7, 11) is 0. The molecule has 1 N–H and O–H groups in total. The van der Waals surface area contributed by atoms with Crippen LogP contribution >= 0.6 is 11.8 Å². The third-order valence-electron chi connectivity index (χ3n) is 3.24. The standard InChI is InChI=1S/C16H20FN3O2S/c1-10(2)16(12-4-6-13(17)7-5-12)19-14(21)8-23-9-15-18-11(3)20-22-15/h4-7,10,16H,8-9H2,1-3H3,(H,19,21). The van der Waals surface area contributed by atoms with Gasteiger partial charge in [0.25, 0.3) is 0 Å². The van der Waals surface area contributed by atoms with Crippen LogP contribution in [0.2, 0.25) is 0 Å². The van der Waals surface area contributed by atoms with Gasteiger partial charge in [-0.05, 0) is 30.5 Å². The van der Waals surface area contributed by atoms with Gasteiger partial charge in [-0.25, -0.2) is 4.39 Å². The van der Waals surface area contributed by atoms with Gasteiger partial charge in [0.15, 0.2) is 5.82 Å². The summed E-state index contributed by atoms with van der Waals surface area (Å²) in [5.41, 5.74) is 0.896. The van der Waals surface area contributed by atoms with Crippen molar-refractivity contribution in [3.63, 3.8) is 0 Å². The molecule has 23 heavy (non-hydrogen) atoms. The molecular weight excluding hydrogens is 317 g/mol. The summed E-state index contributed by atoms with van der Waals surface area (Å²) in [6, 6.07) is 6.07. The third kappa shape index (κ3) is 5.35. The summed E-state index contributed by atoms with van der Waals surface area (Å²) in [6.45, 7) is 5.78. The molecule has 124 valence electrons. The van der Waals surface area contributed by atoms with Gasteiger partial charge in [-0.1, -0.05) is 31.1 Å². The number of benzene rings is 1. The van der Waals surface area contributed by atoms with Crippen molar-refractivity contribution in [1.29, 1.82) is 0 Å². The molecule has 0 aliphatic rings. The Kier molecular flexibility index (Phi) is 6.15. The largest absolute Gasteiger partial charge is 0.348 e. The number of halogens is 1. The van der Waals surface area contributed by atoms with E-state index < -0.39 is 0 Å². The molecule has 1 aromatic heterocycles. The fourth-order valence-corrected chi connectivity index (χ4v) is 2.81. The second-order valence-corrected chi connectivity index (χ2v) is 6.55. The average molecular weight is 337 g/mol. The van der Waals surface area contributed by atoms with Gasteiger partial charge in [0, 0.05) is 0 Å². The number of carbonyl (C=O) groups is 1. The number of hydrogen-bond acceptors (Lipinski definition) is 5. The fraction of sp³-hybridized carbons (Fsp3) is 0.438. The Labute approximate surface area is 139 Å². The van der Waals surface area contributed by atoms with Crippen LogP contribution in [0.4, 0.5) is 4.39 Å². The lowest BCUT2D eigenvalue weighted by atomic mass is 9.96. The maximum Gasteiger partial charge on any atom is 0.236 e. The van der Waals surface area contributed by atoms with E-state index in [9.17, 15) is 9.18 Å². The molecule has 1 heterocycles. The summed E-state index contributed by atoms with van der Waals surface area (Å²) in [4.78, 5) is 16.2. The van der Waals surface area contributed by atoms with Gasteiger partial charge in [-0.3, -0.25) is 4.79 Å². The highest BCUT2D eigenvalue weighted by atomic mass is 32.2. The van der Waals surface area contributed by atoms with Crippen LogP contribution in [-0.2, 0) is 10.5 Å². The molecule has 0 fully saturated rings. The maximum atomic E-state index is 13.0. The number of hydrogen-bond donors (Lipinski definition) is 1. The van der Waals surface area contributed by atoms with Crippen LogP contribution in [0.25, 0.3) is 0 Å². The molecule has 0 saturated heterocycles. The number of carbonyl (C=O) groups excluding carboxylic acids is 1. The molecule has 0 spiro atoms. The Morgan fingerprint density at radius 2 is 2.04 bits per heavy atom. The smallest absolute Gasteiger partial charge is 0.236 e. The van der Waals surface area contributed by atoms with Gasteiger partial charge in [-0.2, -0.15) is 4.98 Å². The van der Waals surface area contributed by atoms with Gasteiger partial charge in [0.2, 0.25) is 11.8 Å². The Bertz CT molecular complexity index is 643. The van der Waals surface area contributed by atoms with Crippen molar-refractivity contribution in [1.82, 2.24) is 15.5 Å². The SMILES string of the molecule is Cc1noc(CSCC(=O)NC(c2ccc(F)cc2)C(C)C)n1. The van der Waals surface area contributed by atoms with E-state index >= 15 is 0 Å². The van der Waals surface area contributed by atoms with Crippen molar-refractivity contribution < 1.29 is 13.7 Å². The van der Waals surface area contributed by atoms with Gasteiger partial charge < -0.3 is 9.84 Å². The quantitative estimate of drug-likeness (QED) is 0.840. The Hall–Kier alpha value is -1.89. The number of nitrogens with one attached hydrogen (secondary N) is 1. The van der Waals surface area contributed by atoms with E-state index in [0.717, 1.165) is 5.56 Å². The molecule has 1 aromatic carbocycles. The van der Waals surface area contributed by atoms with Crippen molar-refractivity contribution in [2.75, 3.05) is 5.75 Å². The predicted octanol–water partition coefficient (Wildman–Crippen LogP) is 3.26. The summed E-state index contributed by atoms with van der Waals surface area (Å²) >= 11 is 1.41. The monoisotopic (exact) mass is 337 g/mol. The van der Waals surface area contributed by atoms with E-state index in [-0.39, 0.29) is 23.7 Å². The molecule has 2 rings (SSSR count). The highest BCUT2D eigenvalue weighted by Gasteiger charge is 2.18. The molecule has 1 atom stereocenters. The highest BCUT2D eigenvalue weighted by Crippen LogP contribution is 2.22. The molecule has 0 bridgehead atoms. The van der Waals surface area contributed by atoms with E-state index in [2.05, 4.69) is 15.5 Å². The first-order valence-corrected chi connectivity index (χ1v) is 8.53. The van der Waals surface area contributed by atoms with Gasteiger partial charge >= 0.3 is 0 Å². The lowest BCUT2D eigenvalue weighted by Crippen LogP contribution is -2.33. The average Bonchev–Trinajstić information content (AvgIpc) is 2.91. The molecule has 0 aliphatic heterocycles. The topological polar surface area (TPSA) is 68.0 Å². The zero-order chi connectivity index (χ0) is 16.8. The molecule has 0 saturated carbocycles. The van der Waals surface area contributed by atoms with Gasteiger partial charge in [0.05, 0.1) is 17.5 Å². The van der Waals surface area contributed by atoms with Crippen LogP contribution < -0.4 is 5.32 Å². The first-order valence-electron chi connectivity index (χ1n) is 7.37. The fourth-order valence-electron chi connectivity index (χ4n) is 2.15. The lowest BCUT2D eigenvalue weighted by molar-refractivity contribution is -0.119. The van der Waals surface area contributed by atoms with E-state index in [4.69, 9.17) is 4.52 Å². The van der Waals surface area contributed by atoms with Crippen molar-refractivity contribution in [3.8, 4) is 0 Å². The Balaban J connectivity index is 1.86. The van der Waals surface area contributed by atoms with Gasteiger partial charge in [-0.15, -0.1) is 11.8 Å². The molecular formula is C16H20FN3O2S. The van der Waals surface area contributed by atoms with Crippen LogP contribution in [-0.4, -0.2) is 21.8 Å². The van der Waals surface area contributed by atoms with Crippen LogP contribution in [0.15, 0.2) is 28.8 Å². The lowest BCUT2D eigenvalue weighted by Gasteiger charge is -2.23. The Morgan fingerprint density at radius 1 is 1.35 bits per heavy atom. The Morgan fingerprint density at radius 3 is 2.61 bits per heavy atom. The second-order valence-electron chi connectivity index (χ2n) is 5.57. The number of aromatic nitrogens is 2. The molecule has 1 amide bonds. The molecule has 0 aliphatic carbocycles. The minimum absolute atomic E-state index is 0.0748. The van der Waals surface area contributed by atoms with E-state index in [1.165, 1.54) is 23.9 Å². The summed E-state index contributed by atoms with van der Waals surface area (Å²) in [6.07, 6.45) is 0. The zero-order valence-electron chi connectivity index (χ0n) is 13.4. The second kappa shape index (κ2) is 8.10. The van der Waals surface area contributed by atoms with Crippen LogP contribution in [0, 0.1) is 18.7 Å². The van der Waals surface area contributed by atoms with Crippen molar-refractivity contribution in [3.05, 3.63) is 47.4 Å². The van der Waals surface area contributed by atoms with E-state index in [1.807, 2.05) is 13.8 Å². The highest BCUT2D eigenvalue weighted by molar-refractivity contribution is 7.99. The first-order chi connectivity index (χ1) is 11.0. The van der Waals surface area contributed by atoms with E-state index in [1.54, 1.807) is 19.1 Å². The number of amides is 1. The van der Waals surface area contributed by atoms with Crippen LogP contribution in [0.1, 0.15) is 37.2 Å².